The molecule has 2 fully saturated rings. The Morgan fingerprint density at radius 3 is 2.75 bits per heavy atom. The van der Waals surface area contributed by atoms with E-state index < -0.39 is 11.6 Å². The van der Waals surface area contributed by atoms with Gasteiger partial charge in [0.15, 0.2) is 11.6 Å². The second-order valence-corrected chi connectivity index (χ2v) is 9.55. The van der Waals surface area contributed by atoms with Gasteiger partial charge in [-0.25, -0.2) is 13.8 Å². The SMILES string of the molecule is COc1cc(C=C2CCCN([C@@H]3CCN(Cc4ccc(F)c(F)c4)C3)C2=O)ccc1-n1cnc(C)c1. The highest BCUT2D eigenvalue weighted by Crippen LogP contribution is 2.29. The number of rotatable bonds is 6. The lowest BCUT2D eigenvalue weighted by Gasteiger charge is -2.34. The molecule has 1 atom stereocenters. The highest BCUT2D eigenvalue weighted by molar-refractivity contribution is 5.98. The zero-order chi connectivity index (χ0) is 25.2. The number of aryl methyl sites for hydroxylation is 1. The van der Waals surface area contributed by atoms with E-state index in [1.165, 1.54) is 12.1 Å². The van der Waals surface area contributed by atoms with Crippen LogP contribution in [0.25, 0.3) is 11.8 Å². The normalized spacial score (nSPS) is 19.9. The van der Waals surface area contributed by atoms with Crippen LogP contribution in [0.1, 0.15) is 36.1 Å². The summed E-state index contributed by atoms with van der Waals surface area (Å²) in [5.41, 5.74) is 4.27. The minimum absolute atomic E-state index is 0.0780. The number of likely N-dealkylation sites (tertiary alicyclic amines) is 2. The summed E-state index contributed by atoms with van der Waals surface area (Å²) < 4.78 is 34.4. The fraction of sp³-hybridized carbons (Fsp3) is 0.357. The maximum Gasteiger partial charge on any atom is 0.250 e. The lowest BCUT2D eigenvalue weighted by Crippen LogP contribution is -2.45. The third-order valence-corrected chi connectivity index (χ3v) is 6.99. The number of carbonyl (C=O) groups is 1. The molecule has 2 aliphatic heterocycles. The van der Waals surface area contributed by atoms with E-state index in [2.05, 4.69) is 9.88 Å². The Kier molecular flexibility index (Phi) is 6.87. The smallest absolute Gasteiger partial charge is 0.250 e. The summed E-state index contributed by atoms with van der Waals surface area (Å²) in [4.78, 5) is 21.9. The first kappa shape index (κ1) is 24.2. The molecule has 2 aliphatic rings. The Bertz CT molecular complexity index is 1300. The van der Waals surface area contributed by atoms with Crippen molar-refractivity contribution in [3.05, 3.63) is 83.0 Å². The van der Waals surface area contributed by atoms with Gasteiger partial charge >= 0.3 is 0 Å². The van der Waals surface area contributed by atoms with E-state index in [0.29, 0.717) is 12.3 Å². The predicted octanol–water partition coefficient (Wildman–Crippen LogP) is 4.75. The zero-order valence-electron chi connectivity index (χ0n) is 20.6. The van der Waals surface area contributed by atoms with E-state index >= 15 is 0 Å². The zero-order valence-corrected chi connectivity index (χ0v) is 20.6. The molecule has 3 heterocycles. The minimum Gasteiger partial charge on any atom is -0.495 e. The Balaban J connectivity index is 1.28. The van der Waals surface area contributed by atoms with Gasteiger partial charge in [0.2, 0.25) is 5.91 Å². The fourth-order valence-electron chi connectivity index (χ4n) is 5.17. The summed E-state index contributed by atoms with van der Waals surface area (Å²) in [7, 11) is 1.64. The number of ether oxygens (including phenoxy) is 1. The molecule has 5 rings (SSSR count). The first-order valence-electron chi connectivity index (χ1n) is 12.3. The Hall–Kier alpha value is -3.52. The topological polar surface area (TPSA) is 50.6 Å². The summed E-state index contributed by atoms with van der Waals surface area (Å²) >= 11 is 0. The molecule has 0 N–H and O–H groups in total. The van der Waals surface area contributed by atoms with E-state index in [-0.39, 0.29) is 11.9 Å². The van der Waals surface area contributed by atoms with Gasteiger partial charge < -0.3 is 14.2 Å². The monoisotopic (exact) mass is 492 g/mol. The molecule has 188 valence electrons. The van der Waals surface area contributed by atoms with Gasteiger partial charge in [-0.2, -0.15) is 0 Å². The Morgan fingerprint density at radius 1 is 1.14 bits per heavy atom. The average molecular weight is 493 g/mol. The van der Waals surface area contributed by atoms with E-state index in [1.54, 1.807) is 19.5 Å². The molecule has 2 aromatic carbocycles. The molecule has 0 unspecified atom stereocenters. The molecule has 0 aliphatic carbocycles. The van der Waals surface area contributed by atoms with Crippen LogP contribution in [0.3, 0.4) is 0 Å². The molecule has 0 spiro atoms. The van der Waals surface area contributed by atoms with Gasteiger partial charge in [0, 0.05) is 44.0 Å². The van der Waals surface area contributed by atoms with Gasteiger partial charge in [-0.3, -0.25) is 9.69 Å². The maximum absolute atomic E-state index is 13.6. The highest BCUT2D eigenvalue weighted by Gasteiger charge is 2.34. The number of hydrogen-bond donors (Lipinski definition) is 0. The van der Waals surface area contributed by atoms with Gasteiger partial charge in [-0.15, -0.1) is 0 Å². The number of carbonyl (C=O) groups excluding carboxylic acids is 1. The van der Waals surface area contributed by atoms with Crippen molar-refractivity contribution in [2.75, 3.05) is 26.7 Å². The van der Waals surface area contributed by atoms with Crippen LogP contribution < -0.4 is 4.74 Å². The second kappa shape index (κ2) is 10.2. The van der Waals surface area contributed by atoms with Crippen molar-refractivity contribution in [1.29, 1.82) is 0 Å². The largest absolute Gasteiger partial charge is 0.495 e. The summed E-state index contributed by atoms with van der Waals surface area (Å²) in [6, 6.07) is 10.1. The van der Waals surface area contributed by atoms with E-state index in [0.717, 1.165) is 67.0 Å². The van der Waals surface area contributed by atoms with Gasteiger partial charge in [-0.1, -0.05) is 12.1 Å². The van der Waals surface area contributed by atoms with Gasteiger partial charge in [0.05, 0.1) is 24.8 Å². The summed E-state index contributed by atoms with van der Waals surface area (Å²) in [5, 5.41) is 0. The number of piperidine rings is 1. The van der Waals surface area contributed by atoms with Crippen LogP contribution in [-0.4, -0.2) is 58.0 Å². The lowest BCUT2D eigenvalue weighted by molar-refractivity contribution is -0.130. The number of amides is 1. The molecular weight excluding hydrogens is 462 g/mol. The second-order valence-electron chi connectivity index (χ2n) is 9.55. The summed E-state index contributed by atoms with van der Waals surface area (Å²) in [6.07, 6.45) is 8.19. The summed E-state index contributed by atoms with van der Waals surface area (Å²) in [6.45, 7) is 4.77. The third-order valence-electron chi connectivity index (χ3n) is 6.99. The van der Waals surface area contributed by atoms with Crippen LogP contribution in [0, 0.1) is 18.6 Å². The standard InChI is InChI=1S/C28H30F2N4O2/c1-19-15-33(18-31-19)26-8-6-20(14-27(26)36-2)12-22-4-3-10-34(28(22)35)23-9-11-32(17-23)16-21-5-7-24(29)25(30)13-21/h5-8,12-15,18,23H,3-4,9-11,16-17H2,1-2H3/t23-/m1/s1. The fourth-order valence-corrected chi connectivity index (χ4v) is 5.17. The van der Waals surface area contributed by atoms with E-state index in [1.807, 2.05) is 46.9 Å². The first-order valence-corrected chi connectivity index (χ1v) is 12.3. The molecule has 8 heteroatoms. The first-order chi connectivity index (χ1) is 17.4. The maximum atomic E-state index is 13.6. The van der Waals surface area contributed by atoms with E-state index in [9.17, 15) is 13.6 Å². The lowest BCUT2D eigenvalue weighted by atomic mass is 9.98. The van der Waals surface area contributed by atoms with Crippen LogP contribution in [0.5, 0.6) is 5.75 Å². The third kappa shape index (κ3) is 5.04. The quantitative estimate of drug-likeness (QED) is 0.466. The minimum atomic E-state index is -0.833. The molecule has 2 saturated heterocycles. The van der Waals surface area contributed by atoms with Crippen LogP contribution in [0.15, 0.2) is 54.5 Å². The van der Waals surface area contributed by atoms with Gasteiger partial charge in [0.25, 0.3) is 0 Å². The number of halogens is 2. The number of benzene rings is 2. The van der Waals surface area contributed by atoms with Gasteiger partial charge in [-0.05, 0) is 67.7 Å². The summed E-state index contributed by atoms with van der Waals surface area (Å²) in [5.74, 6) is -0.867. The number of imidazole rings is 1. The molecule has 3 aromatic rings. The molecule has 36 heavy (non-hydrogen) atoms. The van der Waals surface area contributed by atoms with Crippen LogP contribution in [-0.2, 0) is 11.3 Å². The number of methoxy groups -OCH3 is 1. The van der Waals surface area contributed by atoms with Crippen molar-refractivity contribution >= 4 is 12.0 Å². The van der Waals surface area contributed by atoms with Crippen LogP contribution >= 0.6 is 0 Å². The van der Waals surface area contributed by atoms with Crippen molar-refractivity contribution in [2.24, 2.45) is 0 Å². The number of hydrogen-bond acceptors (Lipinski definition) is 4. The Labute approximate surface area is 209 Å². The number of aromatic nitrogens is 2. The van der Waals surface area contributed by atoms with Crippen molar-refractivity contribution in [3.63, 3.8) is 0 Å². The van der Waals surface area contributed by atoms with Crippen LogP contribution in [0.2, 0.25) is 0 Å². The molecule has 0 bridgehead atoms. The van der Waals surface area contributed by atoms with Crippen molar-refractivity contribution < 1.29 is 18.3 Å². The highest BCUT2D eigenvalue weighted by atomic mass is 19.2. The van der Waals surface area contributed by atoms with Gasteiger partial charge in [0.1, 0.15) is 5.75 Å². The molecule has 6 nitrogen and oxygen atoms in total. The molecule has 0 radical (unpaired) electrons. The van der Waals surface area contributed by atoms with Crippen LogP contribution in [0.4, 0.5) is 8.78 Å². The Morgan fingerprint density at radius 2 is 2.00 bits per heavy atom. The molecule has 0 saturated carbocycles. The molecule has 1 amide bonds. The molecular formula is C28H30F2N4O2. The number of nitrogens with zero attached hydrogens (tertiary/aromatic N) is 4. The van der Waals surface area contributed by atoms with Crippen molar-refractivity contribution in [1.82, 2.24) is 19.4 Å². The van der Waals surface area contributed by atoms with Crippen molar-refractivity contribution in [3.8, 4) is 11.4 Å². The average Bonchev–Trinajstić information content (AvgIpc) is 3.51. The molecule has 1 aromatic heterocycles. The predicted molar refractivity (Wildman–Crippen MR) is 134 cm³/mol. The van der Waals surface area contributed by atoms with E-state index in [4.69, 9.17) is 4.74 Å². The van der Waals surface area contributed by atoms with Crippen molar-refractivity contribution in [2.45, 2.75) is 38.8 Å².